The Morgan fingerprint density at radius 2 is 2.14 bits per heavy atom. The van der Waals surface area contributed by atoms with Crippen molar-refractivity contribution in [1.82, 2.24) is 9.78 Å². The number of thiophene rings is 1. The minimum atomic E-state index is -0.401. The van der Waals surface area contributed by atoms with Gasteiger partial charge < -0.3 is 4.74 Å². The molecule has 4 nitrogen and oxygen atoms in total. The van der Waals surface area contributed by atoms with Crippen LogP contribution in [-0.2, 0) is 4.74 Å². The van der Waals surface area contributed by atoms with Gasteiger partial charge >= 0.3 is 5.97 Å². The molecule has 0 spiro atoms. The van der Waals surface area contributed by atoms with E-state index in [9.17, 15) is 4.79 Å². The molecule has 0 N–H and O–H groups in total. The molecule has 0 atom stereocenters. The first-order valence-electron chi connectivity index (χ1n) is 6.61. The summed E-state index contributed by atoms with van der Waals surface area (Å²) in [4.78, 5) is 13.5. The number of halogens is 1. The summed E-state index contributed by atoms with van der Waals surface area (Å²) in [6, 6.07) is 11.6. The van der Waals surface area contributed by atoms with E-state index < -0.39 is 5.97 Å². The lowest BCUT2D eigenvalue weighted by molar-refractivity contribution is 0.0552. The van der Waals surface area contributed by atoms with E-state index in [2.05, 4.69) is 11.7 Å². The smallest absolute Gasteiger partial charge is 0.348 e. The molecule has 2 aromatic heterocycles. The second-order valence-electron chi connectivity index (χ2n) is 4.76. The summed E-state index contributed by atoms with van der Waals surface area (Å²) in [6.45, 7) is 5.43. The van der Waals surface area contributed by atoms with Crippen LogP contribution < -0.4 is 0 Å². The highest BCUT2D eigenvalue weighted by molar-refractivity contribution is 7.20. The quantitative estimate of drug-likeness (QED) is 0.669. The molecule has 0 aliphatic heterocycles. The molecular weight excluding hydrogens is 320 g/mol. The monoisotopic (exact) mass is 332 g/mol. The third-order valence-corrected chi connectivity index (χ3v) is 4.31. The summed E-state index contributed by atoms with van der Waals surface area (Å²) in [5.74, 6) is -0.401. The van der Waals surface area contributed by atoms with E-state index in [4.69, 9.17) is 16.3 Å². The van der Waals surface area contributed by atoms with Gasteiger partial charge in [0.05, 0.1) is 11.4 Å². The van der Waals surface area contributed by atoms with Gasteiger partial charge in [0, 0.05) is 10.4 Å². The fourth-order valence-corrected chi connectivity index (χ4v) is 3.24. The first-order chi connectivity index (χ1) is 10.6. The van der Waals surface area contributed by atoms with E-state index in [1.165, 1.54) is 11.3 Å². The summed E-state index contributed by atoms with van der Waals surface area (Å²) < 4.78 is 6.92. The van der Waals surface area contributed by atoms with Crippen LogP contribution in [0.1, 0.15) is 15.4 Å². The molecule has 2 heterocycles. The van der Waals surface area contributed by atoms with Crippen molar-refractivity contribution >= 4 is 39.1 Å². The Morgan fingerprint density at radius 3 is 2.82 bits per heavy atom. The molecule has 0 aliphatic rings. The van der Waals surface area contributed by atoms with Gasteiger partial charge in [-0.3, -0.25) is 0 Å². The largest absolute Gasteiger partial charge is 0.456 e. The number of hydrogen-bond acceptors (Lipinski definition) is 4. The lowest BCUT2D eigenvalue weighted by Crippen LogP contribution is -2.04. The Kier molecular flexibility index (Phi) is 4.00. The maximum absolute atomic E-state index is 12.0. The van der Waals surface area contributed by atoms with Gasteiger partial charge in [-0.15, -0.1) is 11.3 Å². The molecule has 112 valence electrons. The van der Waals surface area contributed by atoms with Gasteiger partial charge in [-0.05, 0) is 25.1 Å². The molecule has 0 saturated carbocycles. The molecule has 0 saturated heterocycles. The highest BCUT2D eigenvalue weighted by Gasteiger charge is 2.18. The number of rotatable bonds is 4. The summed E-state index contributed by atoms with van der Waals surface area (Å²) in [5.41, 5.74) is 1.83. The number of aryl methyl sites for hydroxylation is 1. The zero-order valence-corrected chi connectivity index (χ0v) is 13.4. The topological polar surface area (TPSA) is 44.1 Å². The number of benzene rings is 1. The average Bonchev–Trinajstić information content (AvgIpc) is 3.07. The van der Waals surface area contributed by atoms with E-state index in [0.29, 0.717) is 9.91 Å². The molecule has 3 rings (SSSR count). The summed E-state index contributed by atoms with van der Waals surface area (Å²) in [7, 11) is 0. The van der Waals surface area contributed by atoms with Crippen LogP contribution in [0.5, 0.6) is 0 Å². The number of carbonyl (C=O) groups excluding carboxylic acids is 1. The predicted octanol–water partition coefficient (Wildman–Crippen LogP) is 4.30. The second kappa shape index (κ2) is 5.94. The van der Waals surface area contributed by atoms with Crippen molar-refractivity contribution in [2.45, 2.75) is 6.92 Å². The molecule has 3 aromatic rings. The van der Waals surface area contributed by atoms with E-state index in [1.807, 2.05) is 41.9 Å². The molecule has 0 fully saturated rings. The van der Waals surface area contributed by atoms with Crippen molar-refractivity contribution in [3.8, 4) is 5.69 Å². The lowest BCUT2D eigenvalue weighted by Gasteiger charge is -2.02. The van der Waals surface area contributed by atoms with Gasteiger partial charge in [0.15, 0.2) is 0 Å². The maximum atomic E-state index is 12.0. The highest BCUT2D eigenvalue weighted by Crippen LogP contribution is 2.30. The van der Waals surface area contributed by atoms with Gasteiger partial charge in [-0.1, -0.05) is 36.4 Å². The molecule has 1 aromatic carbocycles. The van der Waals surface area contributed by atoms with Crippen molar-refractivity contribution in [2.75, 3.05) is 6.61 Å². The fraction of sp³-hybridized carbons (Fsp3) is 0.125. The minimum Gasteiger partial charge on any atom is -0.456 e. The van der Waals surface area contributed by atoms with E-state index in [1.54, 1.807) is 6.07 Å². The standard InChI is InChI=1S/C16H13ClN2O2S/c1-10(17)9-21-16(20)14-8-13-11(2)18-19(15(13)22-14)12-6-4-3-5-7-12/h3-8H,1,9H2,2H3. The molecule has 0 radical (unpaired) electrons. The number of nitrogens with zero attached hydrogens (tertiary/aromatic N) is 2. The van der Waals surface area contributed by atoms with Crippen LogP contribution in [0.2, 0.25) is 0 Å². The van der Waals surface area contributed by atoms with E-state index >= 15 is 0 Å². The van der Waals surface area contributed by atoms with Crippen molar-refractivity contribution in [3.05, 3.63) is 58.6 Å². The molecule has 0 amide bonds. The highest BCUT2D eigenvalue weighted by atomic mass is 35.5. The SMILES string of the molecule is C=C(Cl)COC(=O)c1cc2c(C)nn(-c3ccccc3)c2s1. The van der Waals surface area contributed by atoms with Crippen LogP contribution in [0.4, 0.5) is 0 Å². The van der Waals surface area contributed by atoms with E-state index in [-0.39, 0.29) is 6.61 Å². The number of hydrogen-bond donors (Lipinski definition) is 0. The Labute approximate surface area is 136 Å². The van der Waals surface area contributed by atoms with Crippen LogP contribution >= 0.6 is 22.9 Å². The van der Waals surface area contributed by atoms with Gasteiger partial charge in [0.1, 0.15) is 16.3 Å². The zero-order valence-electron chi connectivity index (χ0n) is 11.9. The number of esters is 1. The molecule has 6 heteroatoms. The number of para-hydroxylation sites is 1. The number of aromatic nitrogens is 2. The second-order valence-corrected chi connectivity index (χ2v) is 6.32. The lowest BCUT2D eigenvalue weighted by atomic mass is 10.3. The Bertz CT molecular complexity index is 852. The summed E-state index contributed by atoms with van der Waals surface area (Å²) in [5, 5.41) is 5.78. The van der Waals surface area contributed by atoms with E-state index in [0.717, 1.165) is 21.6 Å². The Balaban J connectivity index is 2.00. The predicted molar refractivity (Wildman–Crippen MR) is 89.0 cm³/mol. The maximum Gasteiger partial charge on any atom is 0.348 e. The molecule has 0 unspecified atom stereocenters. The van der Waals surface area contributed by atoms with Gasteiger partial charge in [-0.2, -0.15) is 5.10 Å². The number of carbonyl (C=O) groups is 1. The summed E-state index contributed by atoms with van der Waals surface area (Å²) in [6.07, 6.45) is 0. The molecule has 0 aliphatic carbocycles. The first kappa shape index (κ1) is 14.8. The minimum absolute atomic E-state index is 0.0123. The van der Waals surface area contributed by atoms with Crippen LogP contribution in [-0.4, -0.2) is 22.4 Å². The van der Waals surface area contributed by atoms with Crippen molar-refractivity contribution < 1.29 is 9.53 Å². The number of ether oxygens (including phenoxy) is 1. The molecule has 0 bridgehead atoms. The zero-order chi connectivity index (χ0) is 15.7. The average molecular weight is 333 g/mol. The number of fused-ring (bicyclic) bond motifs is 1. The van der Waals surface area contributed by atoms with Crippen molar-refractivity contribution in [3.63, 3.8) is 0 Å². The van der Waals surface area contributed by atoms with Gasteiger partial charge in [0.2, 0.25) is 0 Å². The van der Waals surface area contributed by atoms with Crippen LogP contribution in [0.25, 0.3) is 15.9 Å². The molecular formula is C16H13ClN2O2S. The van der Waals surface area contributed by atoms with Crippen molar-refractivity contribution in [1.29, 1.82) is 0 Å². The van der Waals surface area contributed by atoms with Crippen molar-refractivity contribution in [2.24, 2.45) is 0 Å². The normalized spacial score (nSPS) is 10.8. The van der Waals surface area contributed by atoms with Gasteiger partial charge in [-0.25, -0.2) is 9.48 Å². The first-order valence-corrected chi connectivity index (χ1v) is 7.80. The fourth-order valence-electron chi connectivity index (χ4n) is 2.11. The van der Waals surface area contributed by atoms with Gasteiger partial charge in [0.25, 0.3) is 0 Å². The molecule has 22 heavy (non-hydrogen) atoms. The van der Waals surface area contributed by atoms with Crippen LogP contribution in [0.3, 0.4) is 0 Å². The third kappa shape index (κ3) is 2.77. The third-order valence-electron chi connectivity index (χ3n) is 3.11. The Morgan fingerprint density at radius 1 is 1.41 bits per heavy atom. The van der Waals surface area contributed by atoms with Crippen LogP contribution in [0, 0.1) is 6.92 Å². The van der Waals surface area contributed by atoms with Crippen LogP contribution in [0.15, 0.2) is 48.0 Å². The summed E-state index contributed by atoms with van der Waals surface area (Å²) >= 11 is 6.97. The Hall–Kier alpha value is -2.11.